The molecule has 10 nitrogen and oxygen atoms in total. The summed E-state index contributed by atoms with van der Waals surface area (Å²) in [6, 6.07) is 2.41. The fourth-order valence-electron chi connectivity index (χ4n) is 4.34. The summed E-state index contributed by atoms with van der Waals surface area (Å²) >= 11 is 2.01. The molecule has 0 unspecified atom stereocenters. The van der Waals surface area contributed by atoms with Gasteiger partial charge >= 0.3 is 0 Å². The molecule has 1 fully saturated rings. The van der Waals surface area contributed by atoms with Crippen LogP contribution in [0.15, 0.2) is 23.8 Å². The minimum Gasteiger partial charge on any atom is -0.493 e. The van der Waals surface area contributed by atoms with Crippen molar-refractivity contribution in [1.82, 2.24) is 10.2 Å². The number of methoxy groups -OCH3 is 1. The molecule has 11 heteroatoms. The fourth-order valence-corrected chi connectivity index (χ4v) is 5.10. The maximum atomic E-state index is 12.8. The third kappa shape index (κ3) is 6.72. The molecular formula is C24H31IN2O8. The number of carbonyl (C=O) groups excluding carboxylic acids is 3. The van der Waals surface area contributed by atoms with Crippen molar-refractivity contribution in [2.45, 2.75) is 50.5 Å². The van der Waals surface area contributed by atoms with Gasteiger partial charge in [0.05, 0.1) is 29.4 Å². The molecule has 0 radical (unpaired) electrons. The van der Waals surface area contributed by atoms with Crippen LogP contribution in [0.2, 0.25) is 0 Å². The topological polar surface area (TPSA) is 135 Å². The Bertz CT molecular complexity index is 963. The molecule has 0 spiro atoms. The van der Waals surface area contributed by atoms with Crippen LogP contribution in [-0.4, -0.2) is 91.0 Å². The summed E-state index contributed by atoms with van der Waals surface area (Å²) in [6.07, 6.45) is 1.77. The first-order valence-electron chi connectivity index (χ1n) is 11.4. The Morgan fingerprint density at radius 3 is 2.74 bits per heavy atom. The second-order valence-electron chi connectivity index (χ2n) is 8.47. The highest BCUT2D eigenvalue weighted by atomic mass is 127. The SMILES string of the molecule is COc1cc(C=O)cc(I)c1O[C@H]1C=C(C(=O)NCCO)C[C@@H](N(C[C@@H]2CCCO2)C(C)=O)[C@@H]1O. The van der Waals surface area contributed by atoms with E-state index in [2.05, 4.69) is 5.32 Å². The maximum absolute atomic E-state index is 12.8. The van der Waals surface area contributed by atoms with Crippen molar-refractivity contribution in [1.29, 1.82) is 0 Å². The third-order valence-corrected chi connectivity index (χ3v) is 6.89. The molecule has 35 heavy (non-hydrogen) atoms. The van der Waals surface area contributed by atoms with E-state index in [1.165, 1.54) is 26.2 Å². The Hall–Kier alpha value is -2.22. The number of hydrogen-bond donors (Lipinski definition) is 3. The van der Waals surface area contributed by atoms with E-state index in [0.717, 1.165) is 12.8 Å². The number of benzene rings is 1. The summed E-state index contributed by atoms with van der Waals surface area (Å²) in [5.41, 5.74) is 0.732. The highest BCUT2D eigenvalue weighted by molar-refractivity contribution is 14.1. The van der Waals surface area contributed by atoms with Gasteiger partial charge in [-0.3, -0.25) is 14.4 Å². The molecule has 1 aromatic rings. The molecule has 3 rings (SSSR count). The van der Waals surface area contributed by atoms with Crippen molar-refractivity contribution in [3.05, 3.63) is 32.9 Å². The Morgan fingerprint density at radius 1 is 1.37 bits per heavy atom. The van der Waals surface area contributed by atoms with E-state index in [0.29, 0.717) is 45.6 Å². The van der Waals surface area contributed by atoms with Crippen LogP contribution in [0.5, 0.6) is 11.5 Å². The summed E-state index contributed by atoms with van der Waals surface area (Å²) in [5.74, 6) is -0.0509. The number of hydrogen-bond acceptors (Lipinski definition) is 8. The molecule has 192 valence electrons. The van der Waals surface area contributed by atoms with Crippen molar-refractivity contribution in [3.63, 3.8) is 0 Å². The first-order chi connectivity index (χ1) is 16.8. The minimum absolute atomic E-state index is 0.0696. The Kier molecular flexibility index (Phi) is 9.89. The van der Waals surface area contributed by atoms with E-state index < -0.39 is 24.2 Å². The number of nitrogens with one attached hydrogen (secondary N) is 1. The average Bonchev–Trinajstić information content (AvgIpc) is 3.36. The molecular weight excluding hydrogens is 571 g/mol. The van der Waals surface area contributed by atoms with Gasteiger partial charge in [-0.1, -0.05) is 0 Å². The van der Waals surface area contributed by atoms with Crippen molar-refractivity contribution < 1.29 is 38.8 Å². The molecule has 2 amide bonds. The van der Waals surface area contributed by atoms with E-state index in [-0.39, 0.29) is 31.6 Å². The zero-order chi connectivity index (χ0) is 25.5. The summed E-state index contributed by atoms with van der Waals surface area (Å²) in [4.78, 5) is 38.2. The van der Waals surface area contributed by atoms with E-state index in [1.54, 1.807) is 11.0 Å². The van der Waals surface area contributed by atoms with Gasteiger partial charge in [-0.2, -0.15) is 0 Å². The largest absolute Gasteiger partial charge is 0.493 e. The quantitative estimate of drug-likeness (QED) is 0.268. The number of nitrogens with zero attached hydrogens (tertiary/aromatic N) is 1. The lowest BCUT2D eigenvalue weighted by Crippen LogP contribution is -2.56. The standard InChI is InChI=1S/C24H31IN2O8/c1-14(30)27(12-17-4-3-7-34-17)19-10-16(24(32)26-5-6-28)11-20(22(19)31)35-23-18(25)8-15(13-29)9-21(23)33-2/h8-9,11,13,17,19-20,22,28,31H,3-7,10,12H2,1-2H3,(H,26,32)/t17-,19+,20-,22-/m0/s1. The first-order valence-corrected chi connectivity index (χ1v) is 12.5. The number of halogens is 1. The first kappa shape index (κ1) is 27.4. The van der Waals surface area contributed by atoms with Crippen molar-refractivity contribution in [2.24, 2.45) is 0 Å². The molecule has 3 N–H and O–H groups in total. The smallest absolute Gasteiger partial charge is 0.247 e. The average molecular weight is 602 g/mol. The maximum Gasteiger partial charge on any atom is 0.247 e. The van der Waals surface area contributed by atoms with Crippen molar-refractivity contribution >= 4 is 40.7 Å². The van der Waals surface area contributed by atoms with E-state index in [4.69, 9.17) is 19.3 Å². The predicted octanol–water partition coefficient (Wildman–Crippen LogP) is 1.06. The number of amides is 2. The lowest BCUT2D eigenvalue weighted by Gasteiger charge is -2.41. The van der Waals surface area contributed by atoms with Crippen LogP contribution < -0.4 is 14.8 Å². The van der Waals surface area contributed by atoms with Gasteiger partial charge in [0.2, 0.25) is 11.8 Å². The Morgan fingerprint density at radius 2 is 2.14 bits per heavy atom. The van der Waals surface area contributed by atoms with Gasteiger partial charge in [-0.05, 0) is 53.6 Å². The Labute approximate surface area is 217 Å². The monoisotopic (exact) mass is 602 g/mol. The van der Waals surface area contributed by atoms with Gasteiger partial charge in [0, 0.05) is 44.2 Å². The number of aliphatic hydroxyl groups excluding tert-OH is 2. The molecule has 4 atom stereocenters. The van der Waals surface area contributed by atoms with Gasteiger partial charge in [-0.25, -0.2) is 0 Å². The van der Waals surface area contributed by atoms with Gasteiger partial charge < -0.3 is 34.6 Å². The summed E-state index contributed by atoms with van der Waals surface area (Å²) in [5, 5.41) is 23.1. The zero-order valence-electron chi connectivity index (χ0n) is 19.7. The molecule has 1 aliphatic heterocycles. The van der Waals surface area contributed by atoms with Crippen molar-refractivity contribution in [3.8, 4) is 11.5 Å². The number of carbonyl (C=O) groups is 3. The second kappa shape index (κ2) is 12.7. The van der Waals surface area contributed by atoms with Gasteiger partial charge in [0.15, 0.2) is 11.5 Å². The second-order valence-corrected chi connectivity index (χ2v) is 9.64. The van der Waals surface area contributed by atoms with Crippen LogP contribution in [0.4, 0.5) is 0 Å². The fraction of sp³-hybridized carbons (Fsp3) is 0.542. The highest BCUT2D eigenvalue weighted by Gasteiger charge is 2.41. The molecule has 0 aromatic heterocycles. The van der Waals surface area contributed by atoms with E-state index in [9.17, 15) is 19.5 Å². The van der Waals surface area contributed by atoms with Crippen LogP contribution in [0.25, 0.3) is 0 Å². The molecule has 1 saturated heterocycles. The Balaban J connectivity index is 1.95. The lowest BCUT2D eigenvalue weighted by molar-refractivity contribution is -0.138. The highest BCUT2D eigenvalue weighted by Crippen LogP contribution is 2.37. The van der Waals surface area contributed by atoms with Gasteiger partial charge in [-0.15, -0.1) is 0 Å². The molecule has 0 saturated carbocycles. The van der Waals surface area contributed by atoms with Crippen LogP contribution in [0, 0.1) is 3.57 Å². The van der Waals surface area contributed by atoms with Crippen LogP contribution in [-0.2, 0) is 14.3 Å². The number of rotatable bonds is 10. The number of aliphatic hydroxyl groups is 2. The molecule has 2 aliphatic rings. The summed E-state index contributed by atoms with van der Waals surface area (Å²) in [6.45, 7) is 2.19. The van der Waals surface area contributed by atoms with Gasteiger partial charge in [0.1, 0.15) is 18.5 Å². The van der Waals surface area contributed by atoms with Crippen LogP contribution in [0.3, 0.4) is 0 Å². The summed E-state index contributed by atoms with van der Waals surface area (Å²) in [7, 11) is 1.44. The van der Waals surface area contributed by atoms with E-state index in [1.807, 2.05) is 22.6 Å². The van der Waals surface area contributed by atoms with Crippen molar-refractivity contribution in [2.75, 3.05) is 33.4 Å². The summed E-state index contributed by atoms with van der Waals surface area (Å²) < 4.78 is 17.8. The molecule has 1 heterocycles. The lowest BCUT2D eigenvalue weighted by atomic mass is 9.88. The minimum atomic E-state index is -1.15. The number of aldehydes is 1. The molecule has 0 bridgehead atoms. The third-order valence-electron chi connectivity index (χ3n) is 6.09. The molecule has 1 aliphatic carbocycles. The normalized spacial score (nSPS) is 23.9. The van der Waals surface area contributed by atoms with Crippen LogP contribution >= 0.6 is 22.6 Å². The van der Waals surface area contributed by atoms with Gasteiger partial charge in [0.25, 0.3) is 0 Å². The number of ether oxygens (including phenoxy) is 3. The zero-order valence-corrected chi connectivity index (χ0v) is 21.9. The molecule has 1 aromatic carbocycles. The predicted molar refractivity (Wildman–Crippen MR) is 134 cm³/mol. The van der Waals surface area contributed by atoms with Crippen LogP contribution in [0.1, 0.15) is 36.5 Å². The van der Waals surface area contributed by atoms with E-state index >= 15 is 0 Å².